The number of nitrogens with zero attached hydrogens (tertiary/aromatic N) is 4. The van der Waals surface area contributed by atoms with Crippen LogP contribution < -0.4 is 10.6 Å². The highest BCUT2D eigenvalue weighted by atomic mass is 16.5. The summed E-state index contributed by atoms with van der Waals surface area (Å²) in [6.07, 6.45) is 13.4. The maximum atomic E-state index is 13.5. The Labute approximate surface area is 199 Å². The Kier molecular flexibility index (Phi) is 7.06. The lowest BCUT2D eigenvalue weighted by Crippen LogP contribution is -2.51. The van der Waals surface area contributed by atoms with Gasteiger partial charge in [-0.3, -0.25) is 4.79 Å². The summed E-state index contributed by atoms with van der Waals surface area (Å²) >= 11 is 0. The molecule has 2 saturated carbocycles. The highest BCUT2D eigenvalue weighted by Gasteiger charge is 2.40. The van der Waals surface area contributed by atoms with Crippen molar-refractivity contribution in [2.75, 3.05) is 13.7 Å². The zero-order valence-corrected chi connectivity index (χ0v) is 20.0. The molecule has 0 aromatic carbocycles. The van der Waals surface area contributed by atoms with E-state index in [1.54, 1.807) is 40.1 Å². The molecule has 2 aromatic rings. The van der Waals surface area contributed by atoms with E-state index < -0.39 is 11.6 Å². The standard InChI is InChI=1S/C24H34N6O4/c1-24(2,28-23(33)34-3)8-11-30-22(29-10-5-9-25-29)19(14-26-30)21(32)27-20-17-7-4-6-16(12-17)13-18(20)15-31/h5,8-11,14,16-18,20,31H,4,6-7,12-13,15H2,1-3H3,(H,27,32)(H,28,33)/b11-8+/t16?,17?,18?,20-/m1/s1. The molecule has 4 atom stereocenters. The van der Waals surface area contributed by atoms with Gasteiger partial charge in [0.05, 0.1) is 18.8 Å². The molecule has 2 aliphatic rings. The first kappa shape index (κ1) is 24.0. The van der Waals surface area contributed by atoms with Gasteiger partial charge in [-0.1, -0.05) is 12.8 Å². The summed E-state index contributed by atoms with van der Waals surface area (Å²) in [4.78, 5) is 25.1. The highest BCUT2D eigenvalue weighted by molar-refractivity contribution is 5.97. The minimum absolute atomic E-state index is 0.0541. The zero-order chi connectivity index (χ0) is 24.3. The number of fused-ring (bicyclic) bond motifs is 2. The van der Waals surface area contributed by atoms with E-state index >= 15 is 0 Å². The van der Waals surface area contributed by atoms with Crippen LogP contribution in [0.25, 0.3) is 12.0 Å². The molecule has 10 nitrogen and oxygen atoms in total. The number of amides is 2. The molecule has 0 aliphatic heterocycles. The van der Waals surface area contributed by atoms with Gasteiger partial charge in [-0.05, 0) is 57.1 Å². The third-order valence-electron chi connectivity index (χ3n) is 6.98. The van der Waals surface area contributed by atoms with Crippen molar-refractivity contribution in [1.82, 2.24) is 30.2 Å². The fraction of sp³-hybridized carbons (Fsp3) is 0.583. The molecule has 2 heterocycles. The van der Waals surface area contributed by atoms with Gasteiger partial charge < -0.3 is 20.5 Å². The Hall–Kier alpha value is -3.14. The van der Waals surface area contributed by atoms with Gasteiger partial charge >= 0.3 is 6.09 Å². The van der Waals surface area contributed by atoms with Crippen LogP contribution in [0.15, 0.2) is 30.7 Å². The van der Waals surface area contributed by atoms with Crippen LogP contribution in [-0.2, 0) is 4.74 Å². The summed E-state index contributed by atoms with van der Waals surface area (Å²) < 4.78 is 7.83. The second kappa shape index (κ2) is 10.0. The fourth-order valence-electron chi connectivity index (χ4n) is 5.35. The van der Waals surface area contributed by atoms with Gasteiger partial charge in [0.15, 0.2) is 5.82 Å². The maximum absolute atomic E-state index is 13.5. The minimum atomic E-state index is -0.711. The van der Waals surface area contributed by atoms with Crippen LogP contribution in [0.5, 0.6) is 0 Å². The molecule has 2 bridgehead atoms. The lowest BCUT2D eigenvalue weighted by molar-refractivity contribution is 0.0476. The predicted molar refractivity (Wildman–Crippen MR) is 126 cm³/mol. The van der Waals surface area contributed by atoms with Crippen molar-refractivity contribution in [2.24, 2.45) is 17.8 Å². The number of carbonyl (C=O) groups excluding carboxylic acids is 2. The minimum Gasteiger partial charge on any atom is -0.453 e. The molecule has 184 valence electrons. The second-order valence-corrected chi connectivity index (χ2v) is 9.90. The van der Waals surface area contributed by atoms with Crippen molar-refractivity contribution in [3.05, 3.63) is 36.3 Å². The van der Waals surface area contributed by atoms with Crippen molar-refractivity contribution in [1.29, 1.82) is 0 Å². The SMILES string of the molecule is COC(=O)NC(C)(C)/C=C/n1ncc(C(=O)N[C@H]2C(CO)CC3CCCC2C3)c1-n1cccn1. The fourth-order valence-corrected chi connectivity index (χ4v) is 5.35. The van der Waals surface area contributed by atoms with Gasteiger partial charge in [0.25, 0.3) is 5.91 Å². The smallest absolute Gasteiger partial charge is 0.407 e. The second-order valence-electron chi connectivity index (χ2n) is 9.90. The number of hydrogen-bond donors (Lipinski definition) is 3. The van der Waals surface area contributed by atoms with Crippen LogP contribution in [0.2, 0.25) is 0 Å². The van der Waals surface area contributed by atoms with Crippen molar-refractivity contribution in [3.8, 4) is 5.82 Å². The molecule has 2 aliphatic carbocycles. The molecule has 2 fully saturated rings. The van der Waals surface area contributed by atoms with Crippen LogP contribution in [0, 0.1) is 17.8 Å². The van der Waals surface area contributed by atoms with Gasteiger partial charge in [0.2, 0.25) is 0 Å². The number of aliphatic hydroxyl groups excluding tert-OH is 1. The molecular weight excluding hydrogens is 436 g/mol. The Bertz CT molecular complexity index is 1030. The maximum Gasteiger partial charge on any atom is 0.407 e. The van der Waals surface area contributed by atoms with E-state index in [1.807, 2.05) is 13.8 Å². The predicted octanol–water partition coefficient (Wildman–Crippen LogP) is 2.59. The molecule has 0 radical (unpaired) electrons. The van der Waals surface area contributed by atoms with Gasteiger partial charge in [-0.2, -0.15) is 10.2 Å². The van der Waals surface area contributed by atoms with E-state index in [9.17, 15) is 14.7 Å². The summed E-state index contributed by atoms with van der Waals surface area (Å²) in [5.41, 5.74) is -0.321. The average Bonchev–Trinajstić information content (AvgIpc) is 3.48. The largest absolute Gasteiger partial charge is 0.453 e. The third-order valence-corrected chi connectivity index (χ3v) is 6.98. The average molecular weight is 471 g/mol. The molecule has 34 heavy (non-hydrogen) atoms. The monoisotopic (exact) mass is 470 g/mol. The Morgan fingerprint density at radius 1 is 1.29 bits per heavy atom. The van der Waals surface area contributed by atoms with Gasteiger partial charge in [-0.25, -0.2) is 14.2 Å². The Morgan fingerprint density at radius 2 is 2.12 bits per heavy atom. The van der Waals surface area contributed by atoms with E-state index in [0.29, 0.717) is 23.2 Å². The van der Waals surface area contributed by atoms with Gasteiger partial charge in [0, 0.05) is 37.2 Å². The molecule has 0 saturated heterocycles. The molecule has 3 N–H and O–H groups in total. The first-order valence-electron chi connectivity index (χ1n) is 11.9. The molecule has 2 aromatic heterocycles. The first-order valence-corrected chi connectivity index (χ1v) is 11.9. The van der Waals surface area contributed by atoms with Crippen molar-refractivity contribution >= 4 is 18.2 Å². The number of carbonyl (C=O) groups is 2. The molecule has 0 spiro atoms. The summed E-state index contributed by atoms with van der Waals surface area (Å²) in [5.74, 6) is 1.37. The third kappa shape index (κ3) is 5.16. The van der Waals surface area contributed by atoms with E-state index in [0.717, 1.165) is 19.3 Å². The lowest BCUT2D eigenvalue weighted by Gasteiger charge is -2.45. The molecule has 10 heteroatoms. The van der Waals surface area contributed by atoms with E-state index in [-0.39, 0.29) is 24.5 Å². The topological polar surface area (TPSA) is 123 Å². The molecule has 3 unspecified atom stereocenters. The number of ether oxygens (including phenoxy) is 1. The summed E-state index contributed by atoms with van der Waals surface area (Å²) in [7, 11) is 1.31. The first-order chi connectivity index (χ1) is 16.3. The number of methoxy groups -OCH3 is 1. The number of nitrogens with one attached hydrogen (secondary N) is 2. The van der Waals surface area contributed by atoms with E-state index in [2.05, 4.69) is 25.6 Å². The van der Waals surface area contributed by atoms with E-state index in [4.69, 9.17) is 0 Å². The Morgan fingerprint density at radius 3 is 2.82 bits per heavy atom. The molecular formula is C24H34N6O4. The quantitative estimate of drug-likeness (QED) is 0.572. The van der Waals surface area contributed by atoms with Crippen molar-refractivity contribution < 1.29 is 19.4 Å². The van der Waals surface area contributed by atoms with Crippen LogP contribution in [-0.4, -0.2) is 62.0 Å². The van der Waals surface area contributed by atoms with Crippen LogP contribution >= 0.6 is 0 Å². The number of hydrogen-bond acceptors (Lipinski definition) is 6. The number of aliphatic hydroxyl groups is 1. The van der Waals surface area contributed by atoms with Crippen LogP contribution in [0.4, 0.5) is 4.79 Å². The summed E-state index contributed by atoms with van der Waals surface area (Å²) in [5, 5.41) is 24.7. The van der Waals surface area contributed by atoms with Crippen molar-refractivity contribution in [3.63, 3.8) is 0 Å². The molecule has 2 amide bonds. The van der Waals surface area contributed by atoms with Crippen molar-refractivity contribution in [2.45, 2.75) is 57.5 Å². The Balaban J connectivity index is 1.59. The van der Waals surface area contributed by atoms with Gasteiger partial charge in [-0.15, -0.1) is 0 Å². The van der Waals surface area contributed by atoms with Crippen LogP contribution in [0.1, 0.15) is 56.3 Å². The summed E-state index contributed by atoms with van der Waals surface area (Å²) in [6, 6.07) is 1.72. The number of alkyl carbamates (subject to hydrolysis) is 1. The normalized spacial score (nSPS) is 24.7. The van der Waals surface area contributed by atoms with Crippen LogP contribution in [0.3, 0.4) is 0 Å². The zero-order valence-electron chi connectivity index (χ0n) is 20.0. The number of rotatable bonds is 7. The van der Waals surface area contributed by atoms with E-state index in [1.165, 1.54) is 26.1 Å². The highest BCUT2D eigenvalue weighted by Crippen LogP contribution is 2.42. The number of aromatic nitrogens is 4. The lowest BCUT2D eigenvalue weighted by atomic mass is 9.65. The molecule has 4 rings (SSSR count). The van der Waals surface area contributed by atoms with Gasteiger partial charge in [0.1, 0.15) is 5.56 Å². The summed E-state index contributed by atoms with van der Waals surface area (Å²) in [6.45, 7) is 3.72.